The van der Waals surface area contributed by atoms with Gasteiger partial charge in [0.2, 0.25) is 5.91 Å². The molecule has 0 spiro atoms. The minimum absolute atomic E-state index is 0.0475. The van der Waals surface area contributed by atoms with Crippen molar-refractivity contribution in [1.82, 2.24) is 10.3 Å². The average molecular weight is 283 g/mol. The number of hydrogen-bond donors (Lipinski definition) is 2. The largest absolute Gasteiger partial charge is 0.347 e. The lowest BCUT2D eigenvalue weighted by Gasteiger charge is -2.14. The molecule has 0 saturated heterocycles. The third kappa shape index (κ3) is 6.44. The van der Waals surface area contributed by atoms with E-state index in [1.165, 1.54) is 0 Å². The smallest absolute Gasteiger partial charge is 0.320 e. The number of carbonyl (C=O) groups excluding carboxylic acids is 2. The third-order valence-corrected chi connectivity index (χ3v) is 2.64. The molecule has 9 heteroatoms. The van der Waals surface area contributed by atoms with Gasteiger partial charge in [-0.2, -0.15) is 16.8 Å². The van der Waals surface area contributed by atoms with E-state index >= 15 is 0 Å². The molecule has 7 nitrogen and oxygen atoms in total. The second-order valence-electron chi connectivity index (χ2n) is 3.08. The predicted octanol–water partition coefficient (Wildman–Crippen LogP) is 0.525. The molecule has 0 aliphatic heterocycles. The summed E-state index contributed by atoms with van der Waals surface area (Å²) in [5.74, 6) is 0.124. The molecule has 0 radical (unpaired) electrons. The second-order valence-corrected chi connectivity index (χ2v) is 4.44. The molecule has 0 saturated carbocycles. The Morgan fingerprint density at radius 1 is 1.59 bits per heavy atom. The van der Waals surface area contributed by atoms with Crippen LogP contribution in [-0.2, 0) is 4.79 Å². The summed E-state index contributed by atoms with van der Waals surface area (Å²) in [5, 5.41) is 4.96. The number of carbonyl (C=O) groups is 2. The van der Waals surface area contributed by atoms with E-state index in [0.29, 0.717) is 17.2 Å². The van der Waals surface area contributed by atoms with Gasteiger partial charge in [-0.3, -0.25) is 10.1 Å². The normalized spacial score (nSPS) is 11.7. The van der Waals surface area contributed by atoms with Crippen molar-refractivity contribution in [2.75, 3.05) is 24.4 Å². The fraction of sp³-hybridized carbons (Fsp3) is 0.750. The fourth-order valence-electron chi connectivity index (χ4n) is 0.898. The van der Waals surface area contributed by atoms with Crippen molar-refractivity contribution in [3.05, 3.63) is 4.91 Å². The monoisotopic (exact) mass is 282 g/mol. The van der Waals surface area contributed by atoms with Crippen molar-refractivity contribution in [2.45, 2.75) is 12.5 Å². The zero-order chi connectivity index (χ0) is 13.3. The molecule has 0 fully saturated rings. The Morgan fingerprint density at radius 3 is 2.71 bits per heavy atom. The van der Waals surface area contributed by atoms with Crippen LogP contribution >= 0.6 is 23.4 Å². The molecule has 0 unspecified atom stereocenters. The van der Waals surface area contributed by atoms with Gasteiger partial charge >= 0.3 is 6.03 Å². The first-order chi connectivity index (χ1) is 8.06. The zero-order valence-electron chi connectivity index (χ0n) is 9.39. The van der Waals surface area contributed by atoms with Gasteiger partial charge in [-0.15, -0.1) is 16.5 Å². The van der Waals surface area contributed by atoms with Gasteiger partial charge in [0.1, 0.15) is 0 Å². The number of imide groups is 1. The van der Waals surface area contributed by atoms with Crippen molar-refractivity contribution in [1.29, 1.82) is 0 Å². The first-order valence-electron chi connectivity index (χ1n) is 4.83. The molecule has 98 valence electrons. The van der Waals surface area contributed by atoms with Crippen LogP contribution in [0.3, 0.4) is 0 Å². The number of hydrogen-bond acceptors (Lipinski definition) is 6. The van der Waals surface area contributed by atoms with Gasteiger partial charge in [0.15, 0.2) is 0 Å². The van der Waals surface area contributed by atoms with Crippen molar-refractivity contribution < 1.29 is 9.59 Å². The first-order valence-corrected chi connectivity index (χ1v) is 6.75. The summed E-state index contributed by atoms with van der Waals surface area (Å²) in [5.41, 5.74) is 5.54. The maximum atomic E-state index is 11.4. The molecule has 3 amide bonds. The lowest BCUT2D eigenvalue weighted by Crippen LogP contribution is -2.48. The SMILES string of the molecule is CSCC[C@H](N)C(=O)NC(=O)N(CCCl)N=O. The van der Waals surface area contributed by atoms with Crippen LogP contribution < -0.4 is 11.1 Å². The quantitative estimate of drug-likeness (QED) is 0.402. The summed E-state index contributed by atoms with van der Waals surface area (Å²) in [7, 11) is 0. The summed E-state index contributed by atoms with van der Waals surface area (Å²) in [6.07, 6.45) is 2.33. The Labute approximate surface area is 108 Å². The number of thioether (sulfide) groups is 1. The van der Waals surface area contributed by atoms with Crippen molar-refractivity contribution in [3.8, 4) is 0 Å². The molecule has 0 aromatic heterocycles. The number of rotatable bonds is 7. The zero-order valence-corrected chi connectivity index (χ0v) is 11.0. The molecular weight excluding hydrogens is 268 g/mol. The third-order valence-electron chi connectivity index (χ3n) is 1.83. The Hall–Kier alpha value is -0.860. The highest BCUT2D eigenvalue weighted by Gasteiger charge is 2.20. The predicted molar refractivity (Wildman–Crippen MR) is 67.7 cm³/mol. The number of nitrogens with zero attached hydrogens (tertiary/aromatic N) is 2. The van der Waals surface area contributed by atoms with E-state index in [9.17, 15) is 14.5 Å². The Balaban J connectivity index is 4.17. The van der Waals surface area contributed by atoms with Crippen LogP contribution in [0.5, 0.6) is 0 Å². The van der Waals surface area contributed by atoms with Gasteiger partial charge in [-0.1, -0.05) is 0 Å². The van der Waals surface area contributed by atoms with Crippen LogP contribution in [0.25, 0.3) is 0 Å². The summed E-state index contributed by atoms with van der Waals surface area (Å²) in [6.45, 7) is -0.0653. The molecule has 0 aliphatic rings. The Morgan fingerprint density at radius 2 is 2.24 bits per heavy atom. The molecule has 0 bridgehead atoms. The summed E-state index contributed by atoms with van der Waals surface area (Å²) in [4.78, 5) is 33.0. The molecule has 0 aliphatic carbocycles. The van der Waals surface area contributed by atoms with E-state index in [1.807, 2.05) is 11.6 Å². The van der Waals surface area contributed by atoms with Gasteiger partial charge in [-0.05, 0) is 18.4 Å². The highest BCUT2D eigenvalue weighted by Crippen LogP contribution is 1.99. The average Bonchev–Trinajstić information content (AvgIpc) is 2.32. The summed E-state index contributed by atoms with van der Waals surface area (Å²) in [6, 6.07) is -1.69. The van der Waals surface area contributed by atoms with Crippen molar-refractivity contribution in [2.24, 2.45) is 11.0 Å². The molecule has 3 N–H and O–H groups in total. The van der Waals surface area contributed by atoms with Crippen LogP contribution in [0.15, 0.2) is 5.29 Å². The minimum Gasteiger partial charge on any atom is -0.320 e. The fourth-order valence-corrected chi connectivity index (χ4v) is 1.55. The number of alkyl halides is 1. The topological polar surface area (TPSA) is 105 Å². The molecule has 0 rings (SSSR count). The summed E-state index contributed by atoms with van der Waals surface area (Å²) < 4.78 is 0. The number of nitrogens with one attached hydrogen (secondary N) is 1. The maximum absolute atomic E-state index is 11.4. The highest BCUT2D eigenvalue weighted by molar-refractivity contribution is 7.98. The van der Waals surface area contributed by atoms with E-state index in [4.69, 9.17) is 17.3 Å². The molecular formula is C8H15ClN4O3S. The lowest BCUT2D eigenvalue weighted by atomic mass is 10.2. The first kappa shape index (κ1) is 16.1. The molecule has 0 heterocycles. The Bertz CT molecular complexity index is 279. The number of halogens is 1. The van der Waals surface area contributed by atoms with E-state index < -0.39 is 18.0 Å². The van der Waals surface area contributed by atoms with Gasteiger partial charge < -0.3 is 5.73 Å². The highest BCUT2D eigenvalue weighted by atomic mass is 35.5. The van der Waals surface area contributed by atoms with E-state index in [0.717, 1.165) is 0 Å². The summed E-state index contributed by atoms with van der Waals surface area (Å²) >= 11 is 6.90. The van der Waals surface area contributed by atoms with Gasteiger partial charge in [0.25, 0.3) is 0 Å². The maximum Gasteiger partial charge on any atom is 0.347 e. The van der Waals surface area contributed by atoms with E-state index in [2.05, 4.69) is 5.29 Å². The molecule has 0 aromatic rings. The number of amides is 3. The van der Waals surface area contributed by atoms with Crippen LogP contribution in [-0.4, -0.2) is 47.4 Å². The van der Waals surface area contributed by atoms with Gasteiger partial charge in [0.05, 0.1) is 17.9 Å². The van der Waals surface area contributed by atoms with Crippen molar-refractivity contribution >= 4 is 35.3 Å². The van der Waals surface area contributed by atoms with Crippen molar-refractivity contribution in [3.63, 3.8) is 0 Å². The van der Waals surface area contributed by atoms with Crippen LogP contribution in [0.2, 0.25) is 0 Å². The number of nitroso groups, excluding NO2 is 1. The molecule has 17 heavy (non-hydrogen) atoms. The van der Waals surface area contributed by atoms with Crippen LogP contribution in [0, 0.1) is 4.91 Å². The minimum atomic E-state index is -0.912. The standard InChI is InChI=1S/C8H15ClN4O3S/c1-17-5-2-6(10)7(14)11-8(15)13(12-16)4-3-9/h6H,2-5,10H2,1H3,(H,11,14,15)/t6-/m0/s1. The van der Waals surface area contributed by atoms with Gasteiger partial charge in [0, 0.05) is 5.88 Å². The second kappa shape index (κ2) is 9.20. The lowest BCUT2D eigenvalue weighted by molar-refractivity contribution is -0.121. The number of urea groups is 1. The van der Waals surface area contributed by atoms with E-state index in [1.54, 1.807) is 11.8 Å². The Kier molecular flexibility index (Phi) is 8.73. The van der Waals surface area contributed by atoms with E-state index in [-0.39, 0.29) is 12.4 Å². The van der Waals surface area contributed by atoms with Crippen LogP contribution in [0.1, 0.15) is 6.42 Å². The molecule has 1 atom stereocenters. The van der Waals surface area contributed by atoms with Gasteiger partial charge in [-0.25, -0.2) is 4.79 Å². The number of nitrogens with two attached hydrogens (primary N) is 1. The molecule has 0 aromatic carbocycles. The van der Waals surface area contributed by atoms with Crippen LogP contribution in [0.4, 0.5) is 4.79 Å².